The Morgan fingerprint density at radius 2 is 1.90 bits per heavy atom. The summed E-state index contributed by atoms with van der Waals surface area (Å²) in [6, 6.07) is 10.0. The number of rotatable bonds is 8. The van der Waals surface area contributed by atoms with E-state index in [-0.39, 0.29) is 18.8 Å². The number of pyridine rings is 1. The molecular formula is C24H25F2NO4. The average Bonchev–Trinajstić information content (AvgIpc) is 3.60. The van der Waals surface area contributed by atoms with Gasteiger partial charge in [0.25, 0.3) is 5.56 Å². The summed E-state index contributed by atoms with van der Waals surface area (Å²) in [6.07, 6.45) is 4.40. The lowest BCUT2D eigenvalue weighted by Gasteiger charge is -2.18. The molecule has 31 heavy (non-hydrogen) atoms. The molecule has 7 heteroatoms. The molecule has 5 nitrogen and oxygen atoms in total. The van der Waals surface area contributed by atoms with Crippen molar-refractivity contribution in [3.05, 3.63) is 76.5 Å². The second-order valence-electron chi connectivity index (χ2n) is 8.10. The first kappa shape index (κ1) is 21.3. The van der Waals surface area contributed by atoms with Crippen molar-refractivity contribution in [2.24, 2.45) is 11.8 Å². The second-order valence-corrected chi connectivity index (χ2v) is 8.10. The van der Waals surface area contributed by atoms with Crippen LogP contribution in [0.1, 0.15) is 19.8 Å². The lowest BCUT2D eigenvalue weighted by molar-refractivity contribution is 0.0894. The number of aliphatic hydroxyl groups excluding tert-OH is 1. The molecule has 1 saturated carbocycles. The Kier molecular flexibility index (Phi) is 6.23. The maximum absolute atomic E-state index is 13.6. The molecule has 0 bridgehead atoms. The third-order valence-electron chi connectivity index (χ3n) is 5.52. The third-order valence-corrected chi connectivity index (χ3v) is 5.52. The number of nitrogens with zero attached hydrogens (tertiary/aromatic N) is 1. The Morgan fingerprint density at radius 1 is 1.16 bits per heavy atom. The molecule has 1 heterocycles. The van der Waals surface area contributed by atoms with E-state index in [1.54, 1.807) is 49.5 Å². The molecule has 0 saturated heterocycles. The van der Waals surface area contributed by atoms with E-state index in [0.717, 1.165) is 18.9 Å². The minimum atomic E-state index is -1.62. The first-order valence-corrected chi connectivity index (χ1v) is 10.4. The first-order chi connectivity index (χ1) is 14.9. The maximum atomic E-state index is 13.6. The molecule has 164 valence electrons. The minimum Gasteiger partial charge on any atom is -0.491 e. The first-order valence-electron chi connectivity index (χ1n) is 10.4. The van der Waals surface area contributed by atoms with E-state index in [0.29, 0.717) is 28.7 Å². The highest BCUT2D eigenvalue weighted by molar-refractivity contribution is 5.39. The maximum Gasteiger partial charge on any atom is 0.258 e. The Morgan fingerprint density at radius 3 is 2.55 bits per heavy atom. The van der Waals surface area contributed by atoms with E-state index in [9.17, 15) is 18.7 Å². The van der Waals surface area contributed by atoms with Crippen molar-refractivity contribution in [2.75, 3.05) is 13.2 Å². The zero-order valence-electron chi connectivity index (χ0n) is 17.2. The van der Waals surface area contributed by atoms with Crippen LogP contribution >= 0.6 is 0 Å². The molecule has 2 aliphatic rings. The lowest BCUT2D eigenvalue weighted by atomic mass is 9.96. The van der Waals surface area contributed by atoms with Crippen molar-refractivity contribution in [3.63, 3.8) is 0 Å². The Bertz CT molecular complexity index is 1040. The largest absolute Gasteiger partial charge is 0.491 e. The smallest absolute Gasteiger partial charge is 0.258 e. The topological polar surface area (TPSA) is 60.7 Å². The quantitative estimate of drug-likeness (QED) is 0.686. The standard InChI is InChI=1S/C24H25F2NO4/c1-15-10-16(11-21(25)24(15)26)13-30-20-8-9-27(23(29)12-20)18-4-6-19(7-5-18)31-14-22(28)17-2-3-17/h4-12,15,17,22,24,28H,2-3,13-14H2,1H3. The molecule has 1 aromatic carbocycles. The van der Waals surface area contributed by atoms with Gasteiger partial charge in [-0.1, -0.05) is 13.0 Å². The molecular weight excluding hydrogens is 404 g/mol. The van der Waals surface area contributed by atoms with Gasteiger partial charge in [-0.2, -0.15) is 0 Å². The van der Waals surface area contributed by atoms with Crippen LogP contribution in [0.2, 0.25) is 0 Å². The summed E-state index contributed by atoms with van der Waals surface area (Å²) in [5.41, 5.74) is 0.909. The van der Waals surface area contributed by atoms with Crippen LogP contribution in [0.4, 0.5) is 8.78 Å². The SMILES string of the molecule is CC1C=C(COc2ccn(-c3ccc(OCC(O)C4CC4)cc3)c(=O)c2)C=C(F)C1F. The number of aliphatic hydroxyl groups is 1. The molecule has 0 amide bonds. The van der Waals surface area contributed by atoms with Crippen LogP contribution in [0.25, 0.3) is 5.69 Å². The van der Waals surface area contributed by atoms with Gasteiger partial charge in [-0.3, -0.25) is 9.36 Å². The van der Waals surface area contributed by atoms with E-state index in [2.05, 4.69) is 0 Å². The highest BCUT2D eigenvalue weighted by atomic mass is 19.2. The molecule has 0 aliphatic heterocycles. The highest BCUT2D eigenvalue weighted by Gasteiger charge is 2.30. The van der Waals surface area contributed by atoms with Gasteiger partial charge in [-0.05, 0) is 60.7 Å². The zero-order chi connectivity index (χ0) is 22.0. The Hall–Kier alpha value is -2.93. The normalized spacial score (nSPS) is 21.8. The van der Waals surface area contributed by atoms with Crippen LogP contribution in [-0.4, -0.2) is 35.2 Å². The van der Waals surface area contributed by atoms with Crippen LogP contribution in [0, 0.1) is 11.8 Å². The molecule has 2 aromatic rings. The van der Waals surface area contributed by atoms with Crippen LogP contribution in [0.5, 0.6) is 11.5 Å². The molecule has 2 aliphatic carbocycles. The molecule has 3 atom stereocenters. The monoisotopic (exact) mass is 429 g/mol. The van der Waals surface area contributed by atoms with Gasteiger partial charge in [-0.15, -0.1) is 0 Å². The van der Waals surface area contributed by atoms with Gasteiger partial charge < -0.3 is 14.6 Å². The van der Waals surface area contributed by atoms with Crippen LogP contribution < -0.4 is 15.0 Å². The van der Waals surface area contributed by atoms with Crippen molar-refractivity contribution in [1.82, 2.24) is 4.57 Å². The summed E-state index contributed by atoms with van der Waals surface area (Å²) in [5, 5.41) is 9.89. The van der Waals surface area contributed by atoms with Crippen LogP contribution in [0.15, 0.2) is 70.9 Å². The van der Waals surface area contributed by atoms with Gasteiger partial charge in [0.2, 0.25) is 0 Å². The number of hydrogen-bond acceptors (Lipinski definition) is 4. The van der Waals surface area contributed by atoms with E-state index in [1.165, 1.54) is 10.6 Å². The summed E-state index contributed by atoms with van der Waals surface area (Å²) in [7, 11) is 0. The molecule has 0 spiro atoms. The number of hydrogen-bond donors (Lipinski definition) is 1. The Balaban J connectivity index is 1.37. The van der Waals surface area contributed by atoms with Gasteiger partial charge in [0.05, 0.1) is 6.10 Å². The van der Waals surface area contributed by atoms with Gasteiger partial charge in [-0.25, -0.2) is 8.78 Å². The van der Waals surface area contributed by atoms with Crippen LogP contribution in [-0.2, 0) is 0 Å². The Labute approximate surface area is 179 Å². The van der Waals surface area contributed by atoms with E-state index < -0.39 is 24.0 Å². The summed E-state index contributed by atoms with van der Waals surface area (Å²) in [5.74, 6) is -0.0340. The van der Waals surface area contributed by atoms with Crippen molar-refractivity contribution in [2.45, 2.75) is 32.0 Å². The molecule has 0 radical (unpaired) electrons. The zero-order valence-corrected chi connectivity index (χ0v) is 17.2. The average molecular weight is 429 g/mol. The summed E-state index contributed by atoms with van der Waals surface area (Å²) in [4.78, 5) is 12.5. The van der Waals surface area contributed by atoms with Crippen molar-refractivity contribution >= 4 is 0 Å². The van der Waals surface area contributed by atoms with Gasteiger partial charge in [0, 0.05) is 23.9 Å². The van der Waals surface area contributed by atoms with Gasteiger partial charge in [0.15, 0.2) is 6.17 Å². The predicted molar refractivity (Wildman–Crippen MR) is 113 cm³/mol. The third kappa shape index (κ3) is 5.22. The number of allylic oxidation sites excluding steroid dienone is 2. The van der Waals surface area contributed by atoms with Crippen LogP contribution in [0.3, 0.4) is 0 Å². The van der Waals surface area contributed by atoms with Crippen molar-refractivity contribution in [1.29, 1.82) is 0 Å². The fourth-order valence-corrected chi connectivity index (χ4v) is 3.50. The van der Waals surface area contributed by atoms with E-state index in [1.807, 2.05) is 0 Å². The highest BCUT2D eigenvalue weighted by Crippen LogP contribution is 2.32. The van der Waals surface area contributed by atoms with Crippen molar-refractivity contribution in [3.8, 4) is 17.2 Å². The number of halogens is 2. The summed E-state index contributed by atoms with van der Waals surface area (Å²) < 4.78 is 39.7. The molecule has 1 aromatic heterocycles. The minimum absolute atomic E-state index is 0.0483. The summed E-state index contributed by atoms with van der Waals surface area (Å²) in [6.45, 7) is 1.91. The lowest BCUT2D eigenvalue weighted by Crippen LogP contribution is -2.19. The number of aromatic nitrogens is 1. The van der Waals surface area contributed by atoms with Crippen molar-refractivity contribution < 1.29 is 23.4 Å². The van der Waals surface area contributed by atoms with E-state index >= 15 is 0 Å². The fraction of sp³-hybridized carbons (Fsp3) is 0.375. The fourth-order valence-electron chi connectivity index (χ4n) is 3.50. The predicted octanol–water partition coefficient (Wildman–Crippen LogP) is 4.13. The number of alkyl halides is 1. The summed E-state index contributed by atoms with van der Waals surface area (Å²) >= 11 is 0. The second kappa shape index (κ2) is 9.06. The number of ether oxygens (including phenoxy) is 2. The molecule has 3 unspecified atom stereocenters. The number of benzene rings is 1. The molecule has 4 rings (SSSR count). The molecule has 1 fully saturated rings. The van der Waals surface area contributed by atoms with Gasteiger partial charge in [0.1, 0.15) is 30.5 Å². The van der Waals surface area contributed by atoms with E-state index in [4.69, 9.17) is 9.47 Å². The van der Waals surface area contributed by atoms with Gasteiger partial charge >= 0.3 is 0 Å². The molecule has 1 N–H and O–H groups in total.